The minimum absolute atomic E-state index is 0.330. The molecule has 2 N–H and O–H groups in total. The van der Waals surface area contributed by atoms with E-state index < -0.39 is 0 Å². The van der Waals surface area contributed by atoms with E-state index in [0.29, 0.717) is 12.5 Å². The summed E-state index contributed by atoms with van der Waals surface area (Å²) in [6.45, 7) is 10.3. The summed E-state index contributed by atoms with van der Waals surface area (Å²) in [5.74, 6) is 2.01. The molecule has 1 aliphatic rings. The highest BCUT2D eigenvalue weighted by Crippen LogP contribution is 2.27. The summed E-state index contributed by atoms with van der Waals surface area (Å²) in [5, 5.41) is 4.10. The molecule has 2 aromatic rings. The van der Waals surface area contributed by atoms with Gasteiger partial charge >= 0.3 is 0 Å². The van der Waals surface area contributed by atoms with Crippen LogP contribution >= 0.6 is 0 Å². The van der Waals surface area contributed by atoms with Gasteiger partial charge < -0.3 is 10.5 Å². The normalized spacial score (nSPS) is 16.8. The first kappa shape index (κ1) is 21.2. The van der Waals surface area contributed by atoms with E-state index in [4.69, 9.17) is 10.5 Å². The molecule has 0 aromatic carbocycles. The number of pyridine rings is 1. The van der Waals surface area contributed by atoms with Gasteiger partial charge in [0.2, 0.25) is 0 Å². The van der Waals surface area contributed by atoms with Crippen LogP contribution < -0.4 is 5.73 Å². The number of allylic oxidation sites excluding steroid dienone is 6. The van der Waals surface area contributed by atoms with Gasteiger partial charge in [-0.1, -0.05) is 39.5 Å². The van der Waals surface area contributed by atoms with Crippen molar-refractivity contribution in [1.29, 1.82) is 0 Å². The van der Waals surface area contributed by atoms with Gasteiger partial charge in [-0.05, 0) is 48.3 Å². The molecular formula is C22H29N5O. The van der Waals surface area contributed by atoms with Crippen LogP contribution in [0, 0.1) is 5.92 Å². The number of rotatable bonds is 6. The fourth-order valence-corrected chi connectivity index (χ4v) is 2.78. The summed E-state index contributed by atoms with van der Waals surface area (Å²) in [6.07, 6.45) is 14.4. The lowest BCUT2D eigenvalue weighted by Crippen LogP contribution is -2.05. The van der Waals surface area contributed by atoms with Crippen molar-refractivity contribution < 1.29 is 4.74 Å². The van der Waals surface area contributed by atoms with Crippen molar-refractivity contribution >= 4 is 0 Å². The zero-order valence-corrected chi connectivity index (χ0v) is 16.9. The average molecular weight is 380 g/mol. The van der Waals surface area contributed by atoms with Crippen molar-refractivity contribution in [3.05, 3.63) is 84.5 Å². The van der Waals surface area contributed by atoms with E-state index in [1.165, 1.54) is 6.33 Å². The minimum Gasteiger partial charge on any atom is -0.493 e. The molecule has 2 heterocycles. The lowest BCUT2D eigenvalue weighted by molar-refractivity contribution is 0.166. The number of ether oxygens (including phenoxy) is 1. The van der Waals surface area contributed by atoms with Gasteiger partial charge in [0.25, 0.3) is 0 Å². The van der Waals surface area contributed by atoms with E-state index in [9.17, 15) is 0 Å². The Balaban J connectivity index is 0.00000136. The molecule has 1 unspecified atom stereocenters. The monoisotopic (exact) mass is 379 g/mol. The zero-order chi connectivity index (χ0) is 20.4. The van der Waals surface area contributed by atoms with Crippen LogP contribution in [0.4, 0.5) is 0 Å². The predicted molar refractivity (Wildman–Crippen MR) is 112 cm³/mol. The topological polar surface area (TPSA) is 78.9 Å². The van der Waals surface area contributed by atoms with Gasteiger partial charge in [-0.3, -0.25) is 0 Å². The third-order valence-corrected chi connectivity index (χ3v) is 4.32. The summed E-state index contributed by atoms with van der Waals surface area (Å²) >= 11 is 0. The van der Waals surface area contributed by atoms with Gasteiger partial charge in [0.15, 0.2) is 5.82 Å². The van der Waals surface area contributed by atoms with Crippen LogP contribution in [0.5, 0.6) is 0 Å². The van der Waals surface area contributed by atoms with E-state index in [1.807, 2.05) is 44.2 Å². The molecule has 0 saturated heterocycles. The number of aromatic nitrogens is 4. The Morgan fingerprint density at radius 2 is 2.21 bits per heavy atom. The Morgan fingerprint density at radius 3 is 2.93 bits per heavy atom. The lowest BCUT2D eigenvalue weighted by Gasteiger charge is -2.16. The first-order chi connectivity index (χ1) is 13.7. The average Bonchev–Trinajstić information content (AvgIpc) is 3.20. The quantitative estimate of drug-likeness (QED) is 0.749. The van der Waals surface area contributed by atoms with E-state index in [-0.39, 0.29) is 0 Å². The van der Waals surface area contributed by atoms with Gasteiger partial charge in [0.1, 0.15) is 19.3 Å². The molecule has 28 heavy (non-hydrogen) atoms. The highest BCUT2D eigenvalue weighted by molar-refractivity contribution is 5.35. The summed E-state index contributed by atoms with van der Waals surface area (Å²) in [7, 11) is 0. The van der Waals surface area contributed by atoms with Gasteiger partial charge in [-0.25, -0.2) is 14.6 Å². The first-order valence-electron chi connectivity index (χ1n) is 9.59. The van der Waals surface area contributed by atoms with Crippen LogP contribution in [0.15, 0.2) is 78.9 Å². The van der Waals surface area contributed by atoms with Crippen molar-refractivity contribution in [2.24, 2.45) is 11.7 Å². The maximum Gasteiger partial charge on any atom is 0.155 e. The highest BCUT2D eigenvalue weighted by atomic mass is 16.5. The maximum absolute atomic E-state index is 6.08. The van der Waals surface area contributed by atoms with Crippen LogP contribution in [-0.4, -0.2) is 19.7 Å². The smallest absolute Gasteiger partial charge is 0.155 e. The summed E-state index contributed by atoms with van der Waals surface area (Å²) in [5.41, 5.74) is 8.98. The Hall–Kier alpha value is -3.15. The molecule has 1 atom stereocenters. The molecule has 6 nitrogen and oxygen atoms in total. The van der Waals surface area contributed by atoms with Crippen molar-refractivity contribution in [1.82, 2.24) is 19.7 Å². The second kappa shape index (κ2) is 10.9. The fourth-order valence-electron chi connectivity index (χ4n) is 2.78. The fraction of sp³-hybridized carbons (Fsp3) is 0.318. The van der Waals surface area contributed by atoms with Crippen LogP contribution in [-0.2, 0) is 11.3 Å². The number of hydrogen-bond acceptors (Lipinski definition) is 5. The SMILES string of the molecule is C=C/C=C(\N)C1=CC=C(OCc2ccnc(-n3cncn3)c2)C(C)CC1.CC. The second-order valence-electron chi connectivity index (χ2n) is 6.21. The molecular weight excluding hydrogens is 350 g/mol. The number of nitrogens with two attached hydrogens (primary N) is 1. The third-order valence-electron chi connectivity index (χ3n) is 4.32. The largest absolute Gasteiger partial charge is 0.493 e. The molecule has 0 fully saturated rings. The molecule has 0 bridgehead atoms. The van der Waals surface area contributed by atoms with Crippen molar-refractivity contribution in [3.63, 3.8) is 0 Å². The summed E-state index contributed by atoms with van der Waals surface area (Å²) < 4.78 is 7.71. The standard InChI is InChI=1S/C20H23N5O.C2H6/c1-3-4-18(21)17-6-5-15(2)19(8-7-17)26-12-16-9-10-23-20(11-16)25-14-22-13-24-25;1-2/h3-4,7-11,13-15H,1,5-6,12,21H2,2H3;1-2H3/b18-4-;. The van der Waals surface area contributed by atoms with E-state index >= 15 is 0 Å². The zero-order valence-electron chi connectivity index (χ0n) is 16.9. The summed E-state index contributed by atoms with van der Waals surface area (Å²) in [4.78, 5) is 8.25. The van der Waals surface area contributed by atoms with Crippen molar-refractivity contribution in [3.8, 4) is 5.82 Å². The third kappa shape index (κ3) is 5.67. The van der Waals surface area contributed by atoms with E-state index in [0.717, 1.165) is 41.3 Å². The van der Waals surface area contributed by atoms with Crippen LogP contribution in [0.3, 0.4) is 0 Å². The molecule has 2 aromatic heterocycles. The van der Waals surface area contributed by atoms with Crippen molar-refractivity contribution in [2.45, 2.75) is 40.2 Å². The molecule has 148 valence electrons. The molecule has 1 aliphatic carbocycles. The van der Waals surface area contributed by atoms with Crippen LogP contribution in [0.25, 0.3) is 5.82 Å². The minimum atomic E-state index is 0.330. The molecule has 0 amide bonds. The van der Waals surface area contributed by atoms with Crippen LogP contribution in [0.2, 0.25) is 0 Å². The number of hydrogen-bond donors (Lipinski definition) is 1. The molecule has 6 heteroatoms. The molecule has 3 rings (SSSR count). The predicted octanol–water partition coefficient (Wildman–Crippen LogP) is 4.47. The number of nitrogens with zero attached hydrogens (tertiary/aromatic N) is 4. The van der Waals surface area contributed by atoms with Gasteiger partial charge in [-0.2, -0.15) is 5.10 Å². The van der Waals surface area contributed by atoms with E-state index in [2.05, 4.69) is 28.6 Å². The first-order valence-corrected chi connectivity index (χ1v) is 9.59. The van der Waals surface area contributed by atoms with Crippen molar-refractivity contribution in [2.75, 3.05) is 0 Å². The Labute approximate surface area is 167 Å². The maximum atomic E-state index is 6.08. The van der Waals surface area contributed by atoms with Gasteiger partial charge in [-0.15, -0.1) is 0 Å². The van der Waals surface area contributed by atoms with Gasteiger partial charge in [0, 0.05) is 17.8 Å². The highest BCUT2D eigenvalue weighted by Gasteiger charge is 2.15. The van der Waals surface area contributed by atoms with Gasteiger partial charge in [0.05, 0.1) is 5.76 Å². The molecule has 0 spiro atoms. The Morgan fingerprint density at radius 1 is 1.39 bits per heavy atom. The summed E-state index contributed by atoms with van der Waals surface area (Å²) in [6, 6.07) is 3.89. The molecule has 0 saturated carbocycles. The second-order valence-corrected chi connectivity index (χ2v) is 6.21. The van der Waals surface area contributed by atoms with Crippen LogP contribution in [0.1, 0.15) is 39.2 Å². The Kier molecular flexibility index (Phi) is 8.21. The lowest BCUT2D eigenvalue weighted by atomic mass is 10.0. The molecule has 0 aliphatic heterocycles. The molecule has 0 radical (unpaired) electrons. The Bertz CT molecular complexity index is 850. The van der Waals surface area contributed by atoms with E-state index in [1.54, 1.807) is 23.3 Å².